The molecule has 1 unspecified atom stereocenters. The van der Waals surface area contributed by atoms with Gasteiger partial charge < -0.3 is 19.3 Å². The maximum Gasteiger partial charge on any atom is 0.223 e. The number of benzene rings is 1. The van der Waals surface area contributed by atoms with Crippen LogP contribution in [0.25, 0.3) is 0 Å². The van der Waals surface area contributed by atoms with Gasteiger partial charge in [-0.2, -0.15) is 4.98 Å². The number of ether oxygens (including phenoxy) is 2. The van der Waals surface area contributed by atoms with Crippen LogP contribution in [-0.4, -0.2) is 54.4 Å². The molecule has 1 aromatic heterocycles. The highest BCUT2D eigenvalue weighted by atomic mass is 16.5. The average molecular weight is 346 g/mol. The lowest BCUT2D eigenvalue weighted by Gasteiger charge is -2.32. The minimum Gasteiger partial charge on any atom is -0.497 e. The lowest BCUT2D eigenvalue weighted by Crippen LogP contribution is -2.46. The zero-order chi connectivity index (χ0) is 17.5. The van der Waals surface area contributed by atoms with Crippen molar-refractivity contribution >= 4 is 0 Å². The van der Waals surface area contributed by atoms with Gasteiger partial charge >= 0.3 is 0 Å². The minimum absolute atomic E-state index is 0.473. The molecule has 2 aromatic rings. The smallest absolute Gasteiger partial charge is 0.223 e. The highest BCUT2D eigenvalue weighted by Gasteiger charge is 2.20. The van der Waals surface area contributed by atoms with Crippen molar-refractivity contribution in [3.05, 3.63) is 36.0 Å². The average Bonchev–Trinajstić information content (AvgIpc) is 3.04. The van der Waals surface area contributed by atoms with Crippen molar-refractivity contribution in [2.75, 3.05) is 33.4 Å². The molecule has 1 atom stereocenters. The molecular weight excluding hydrogens is 320 g/mol. The Hall–Kier alpha value is -2.12. The molecular formula is C18H26N4O3. The van der Waals surface area contributed by atoms with Crippen LogP contribution in [0.15, 0.2) is 28.8 Å². The largest absolute Gasteiger partial charge is 0.497 e. The Morgan fingerprint density at radius 3 is 2.80 bits per heavy atom. The van der Waals surface area contributed by atoms with Crippen molar-refractivity contribution in [1.82, 2.24) is 20.4 Å². The summed E-state index contributed by atoms with van der Waals surface area (Å²) in [6, 6.07) is 8.13. The number of likely N-dealkylation sites (tertiary alicyclic amines) is 1. The first-order chi connectivity index (χ1) is 12.2. The summed E-state index contributed by atoms with van der Waals surface area (Å²) < 4.78 is 15.9. The highest BCUT2D eigenvalue weighted by Crippen LogP contribution is 2.17. The molecule has 0 spiro atoms. The summed E-state index contributed by atoms with van der Waals surface area (Å²) in [5, 5.41) is 7.56. The van der Waals surface area contributed by atoms with Crippen molar-refractivity contribution in [3.8, 4) is 11.5 Å². The predicted octanol–water partition coefficient (Wildman–Crippen LogP) is 2.02. The second-order valence-electron chi connectivity index (χ2n) is 6.28. The molecule has 25 heavy (non-hydrogen) atoms. The molecule has 7 nitrogen and oxygen atoms in total. The quantitative estimate of drug-likeness (QED) is 0.733. The Bertz CT molecular complexity index is 644. The summed E-state index contributed by atoms with van der Waals surface area (Å²) in [4.78, 5) is 6.65. The maximum absolute atomic E-state index is 5.76. The highest BCUT2D eigenvalue weighted by molar-refractivity contribution is 5.31. The van der Waals surface area contributed by atoms with E-state index in [1.807, 2.05) is 31.2 Å². The number of nitrogens with zero attached hydrogens (tertiary/aromatic N) is 3. The first-order valence-electron chi connectivity index (χ1n) is 8.75. The Balaban J connectivity index is 1.36. The maximum atomic E-state index is 5.76. The van der Waals surface area contributed by atoms with Crippen LogP contribution in [-0.2, 0) is 6.54 Å². The summed E-state index contributed by atoms with van der Waals surface area (Å²) in [7, 11) is 1.66. The molecule has 2 heterocycles. The zero-order valence-corrected chi connectivity index (χ0v) is 14.9. The van der Waals surface area contributed by atoms with Crippen LogP contribution in [0, 0.1) is 6.92 Å². The molecule has 1 aliphatic heterocycles. The van der Waals surface area contributed by atoms with E-state index in [1.165, 1.54) is 12.8 Å². The van der Waals surface area contributed by atoms with Crippen LogP contribution in [0.4, 0.5) is 0 Å². The second-order valence-corrected chi connectivity index (χ2v) is 6.28. The van der Waals surface area contributed by atoms with E-state index < -0.39 is 0 Å². The fourth-order valence-electron chi connectivity index (χ4n) is 3.08. The Morgan fingerprint density at radius 1 is 1.28 bits per heavy atom. The molecule has 0 amide bonds. The summed E-state index contributed by atoms with van der Waals surface area (Å²) >= 11 is 0. The van der Waals surface area contributed by atoms with Crippen molar-refractivity contribution in [2.45, 2.75) is 32.4 Å². The second kappa shape index (κ2) is 8.82. The third kappa shape index (κ3) is 5.44. The van der Waals surface area contributed by atoms with Gasteiger partial charge in [-0.3, -0.25) is 4.90 Å². The monoisotopic (exact) mass is 346 g/mol. The van der Waals surface area contributed by atoms with Gasteiger partial charge in [0.15, 0.2) is 5.82 Å². The van der Waals surface area contributed by atoms with Crippen LogP contribution in [0.5, 0.6) is 11.5 Å². The van der Waals surface area contributed by atoms with Gasteiger partial charge in [-0.1, -0.05) is 5.16 Å². The van der Waals surface area contributed by atoms with Gasteiger partial charge in [0.1, 0.15) is 18.1 Å². The number of aromatic nitrogens is 2. The fourth-order valence-corrected chi connectivity index (χ4v) is 3.08. The molecule has 0 bridgehead atoms. The van der Waals surface area contributed by atoms with Crippen LogP contribution < -0.4 is 14.8 Å². The van der Waals surface area contributed by atoms with E-state index in [2.05, 4.69) is 20.4 Å². The van der Waals surface area contributed by atoms with Crippen molar-refractivity contribution in [1.29, 1.82) is 0 Å². The number of nitrogens with one attached hydrogen (secondary N) is 1. The number of methoxy groups -OCH3 is 1. The van der Waals surface area contributed by atoms with Gasteiger partial charge in [0.2, 0.25) is 5.89 Å². The van der Waals surface area contributed by atoms with E-state index in [0.29, 0.717) is 18.5 Å². The van der Waals surface area contributed by atoms with Gasteiger partial charge in [0.05, 0.1) is 13.7 Å². The molecule has 0 aliphatic carbocycles. The predicted molar refractivity (Wildman–Crippen MR) is 93.8 cm³/mol. The molecule has 0 saturated carbocycles. The minimum atomic E-state index is 0.473. The number of hydrogen-bond acceptors (Lipinski definition) is 7. The molecule has 136 valence electrons. The van der Waals surface area contributed by atoms with Crippen molar-refractivity contribution in [3.63, 3.8) is 0 Å². The van der Waals surface area contributed by atoms with Gasteiger partial charge in [-0.25, -0.2) is 0 Å². The number of piperidine rings is 1. The van der Waals surface area contributed by atoms with Crippen LogP contribution in [0.1, 0.15) is 24.6 Å². The first kappa shape index (κ1) is 17.7. The standard InChI is InChI=1S/C18H26N4O3/c1-14-20-18(21-25-14)13-22-10-3-4-15(12-22)19-9-11-24-17-7-5-16(23-2)6-8-17/h5-8,15,19H,3-4,9-13H2,1-2H3. The Kier molecular flexibility index (Phi) is 6.25. The molecule has 3 rings (SSSR count). The van der Waals surface area contributed by atoms with E-state index in [1.54, 1.807) is 7.11 Å². The molecule has 1 saturated heterocycles. The third-order valence-corrected chi connectivity index (χ3v) is 4.30. The lowest BCUT2D eigenvalue weighted by atomic mass is 10.1. The van der Waals surface area contributed by atoms with Gasteiger partial charge in [-0.15, -0.1) is 0 Å². The van der Waals surface area contributed by atoms with Gasteiger partial charge in [-0.05, 0) is 43.7 Å². The van der Waals surface area contributed by atoms with Gasteiger partial charge in [0.25, 0.3) is 0 Å². The summed E-state index contributed by atoms with van der Waals surface area (Å²) in [6.07, 6.45) is 2.36. The summed E-state index contributed by atoms with van der Waals surface area (Å²) in [5.41, 5.74) is 0. The summed E-state index contributed by atoms with van der Waals surface area (Å²) in [6.45, 7) is 6.11. The molecule has 1 fully saturated rings. The first-order valence-corrected chi connectivity index (χ1v) is 8.75. The number of rotatable bonds is 8. The lowest BCUT2D eigenvalue weighted by molar-refractivity contribution is 0.173. The van der Waals surface area contributed by atoms with Crippen molar-refractivity contribution in [2.24, 2.45) is 0 Å². The topological polar surface area (TPSA) is 72.7 Å². The Morgan fingerprint density at radius 2 is 2.08 bits per heavy atom. The SMILES string of the molecule is COc1ccc(OCCNC2CCCN(Cc3noc(C)n3)C2)cc1. The van der Waals surface area contributed by atoms with Crippen LogP contribution >= 0.6 is 0 Å². The Labute approximate surface area is 148 Å². The van der Waals surface area contributed by atoms with Crippen molar-refractivity contribution < 1.29 is 14.0 Å². The number of hydrogen-bond donors (Lipinski definition) is 1. The van der Waals surface area contributed by atoms with Gasteiger partial charge in [0, 0.05) is 26.1 Å². The summed E-state index contributed by atoms with van der Waals surface area (Å²) in [5.74, 6) is 3.09. The van der Waals surface area contributed by atoms with E-state index in [9.17, 15) is 0 Å². The normalized spacial score (nSPS) is 18.2. The fraction of sp³-hybridized carbons (Fsp3) is 0.556. The molecule has 1 N–H and O–H groups in total. The molecule has 0 radical (unpaired) electrons. The van der Waals surface area contributed by atoms with E-state index in [0.717, 1.165) is 43.5 Å². The van der Waals surface area contributed by atoms with E-state index >= 15 is 0 Å². The number of aryl methyl sites for hydroxylation is 1. The van der Waals surface area contributed by atoms with E-state index in [4.69, 9.17) is 14.0 Å². The van der Waals surface area contributed by atoms with E-state index in [-0.39, 0.29) is 0 Å². The molecule has 1 aromatic carbocycles. The molecule has 1 aliphatic rings. The zero-order valence-electron chi connectivity index (χ0n) is 14.9. The molecule has 7 heteroatoms. The third-order valence-electron chi connectivity index (χ3n) is 4.30. The van der Waals surface area contributed by atoms with Crippen LogP contribution in [0.3, 0.4) is 0 Å². The van der Waals surface area contributed by atoms with Crippen LogP contribution in [0.2, 0.25) is 0 Å².